The van der Waals surface area contributed by atoms with Gasteiger partial charge in [0.1, 0.15) is 26.1 Å². The molecule has 0 aromatic heterocycles. The van der Waals surface area contributed by atoms with Crippen LogP contribution in [0.4, 0.5) is 0 Å². The van der Waals surface area contributed by atoms with E-state index in [0.29, 0.717) is 8.81 Å². The zero-order chi connectivity index (χ0) is 42.2. The molecule has 0 bridgehead atoms. The van der Waals surface area contributed by atoms with E-state index >= 15 is 0 Å². The van der Waals surface area contributed by atoms with Crippen LogP contribution < -0.4 is 18.9 Å². The molecule has 0 fully saturated rings. The molecule has 2 unspecified atom stereocenters. The van der Waals surface area contributed by atoms with Gasteiger partial charge < -0.3 is 13.6 Å². The Bertz CT molecular complexity index is 1620. The molecule has 0 amide bonds. The molecule has 0 aliphatic carbocycles. The lowest BCUT2D eigenvalue weighted by molar-refractivity contribution is 0.514. The number of unbranched alkanes of at least 4 members (excludes halogenated alkanes) is 18. The number of rotatable bonds is 31. The molecule has 0 aliphatic rings. The zero-order valence-corrected chi connectivity index (χ0v) is 40.3. The average molecular weight is 841 g/mol. The summed E-state index contributed by atoms with van der Waals surface area (Å²) in [5.41, 5.74) is 8.18. The molecule has 5 heteroatoms. The van der Waals surface area contributed by atoms with Gasteiger partial charge in [-0.25, -0.2) is 0 Å². The standard InChI is InChI=1S/C39H65O2P.C15H17OP/c1-4-7-10-13-16-19-22-25-35-28-31-38(32-29-35)40-42-41-39-33-30-36(26-23-20-17-14-11-8-5-2)37(34-39)27-24-21-18-15-12-9-6-3;1-11-4-7-14(8-5-11)17-16-15-9-6-12(2)10-13(15)3/h28-34,42H,4-27H2,1-3H3;4-10,17H,1-3H3. The van der Waals surface area contributed by atoms with Crippen molar-refractivity contribution in [3.8, 4) is 17.2 Å². The minimum absolute atomic E-state index is 0.0203. The fourth-order valence-electron chi connectivity index (χ4n) is 7.46. The van der Waals surface area contributed by atoms with Crippen LogP contribution in [-0.2, 0) is 19.3 Å². The second-order valence-electron chi connectivity index (χ2n) is 16.8. The Hall–Kier alpha value is -2.86. The first-order valence-electron chi connectivity index (χ1n) is 23.8. The van der Waals surface area contributed by atoms with E-state index in [1.54, 1.807) is 0 Å². The van der Waals surface area contributed by atoms with Gasteiger partial charge in [-0.3, -0.25) is 0 Å². The third kappa shape index (κ3) is 23.7. The number of hydrogen-bond donors (Lipinski definition) is 0. The summed E-state index contributed by atoms with van der Waals surface area (Å²) in [6, 6.07) is 30.2. The van der Waals surface area contributed by atoms with E-state index in [0.717, 1.165) is 17.2 Å². The van der Waals surface area contributed by atoms with E-state index in [4.69, 9.17) is 13.6 Å². The number of aryl methyl sites for hydroxylation is 6. The van der Waals surface area contributed by atoms with Gasteiger partial charge in [-0.15, -0.1) is 0 Å². The Morgan fingerprint density at radius 3 is 1.42 bits per heavy atom. The van der Waals surface area contributed by atoms with Crippen molar-refractivity contribution < 1.29 is 13.6 Å². The lowest BCUT2D eigenvalue weighted by Crippen LogP contribution is -1.97. The molecular formula is C54H82O3P2. The average Bonchev–Trinajstić information content (AvgIpc) is 3.24. The summed E-state index contributed by atoms with van der Waals surface area (Å²) in [5.74, 6) is 2.83. The zero-order valence-electron chi connectivity index (χ0n) is 38.3. The predicted octanol–water partition coefficient (Wildman–Crippen LogP) is 17.4. The smallest absolute Gasteiger partial charge is 0.275 e. The maximum atomic E-state index is 6.11. The van der Waals surface area contributed by atoms with Gasteiger partial charge >= 0.3 is 0 Å². The molecule has 59 heavy (non-hydrogen) atoms. The lowest BCUT2D eigenvalue weighted by Gasteiger charge is -2.13. The van der Waals surface area contributed by atoms with Gasteiger partial charge in [0.25, 0.3) is 9.03 Å². The fourth-order valence-corrected chi connectivity index (χ4v) is 8.72. The van der Waals surface area contributed by atoms with Crippen molar-refractivity contribution in [3.63, 3.8) is 0 Å². The molecule has 0 radical (unpaired) electrons. The first-order chi connectivity index (χ1) is 28.9. The molecule has 326 valence electrons. The molecule has 2 atom stereocenters. The number of benzene rings is 4. The SMILES string of the molecule is CCCCCCCCCc1ccc(OPOc2ccc(CCCCCCCCC)c(CCCCCCCCC)c2)cc1.Cc1ccc(POc2ccc(C)cc2C)cc1. The van der Waals surface area contributed by atoms with Crippen molar-refractivity contribution in [2.75, 3.05) is 0 Å². The Morgan fingerprint density at radius 1 is 0.390 bits per heavy atom. The first kappa shape index (κ1) is 50.5. The summed E-state index contributed by atoms with van der Waals surface area (Å²) >= 11 is 0. The van der Waals surface area contributed by atoms with Crippen LogP contribution in [0.2, 0.25) is 0 Å². The van der Waals surface area contributed by atoms with E-state index in [-0.39, 0.29) is 9.03 Å². The van der Waals surface area contributed by atoms with E-state index in [1.807, 2.05) is 6.07 Å². The van der Waals surface area contributed by atoms with Crippen LogP contribution in [0.5, 0.6) is 17.2 Å². The fraction of sp³-hybridized carbons (Fsp3) is 0.556. The van der Waals surface area contributed by atoms with Crippen molar-refractivity contribution in [2.45, 2.75) is 196 Å². The van der Waals surface area contributed by atoms with E-state index in [9.17, 15) is 0 Å². The predicted molar refractivity (Wildman–Crippen MR) is 263 cm³/mol. The Labute approximate surface area is 366 Å². The molecular weight excluding hydrogens is 759 g/mol. The summed E-state index contributed by atoms with van der Waals surface area (Å²) in [6.45, 7) is 13.1. The van der Waals surface area contributed by atoms with Crippen LogP contribution in [0.3, 0.4) is 0 Å². The third-order valence-electron chi connectivity index (χ3n) is 11.2. The van der Waals surface area contributed by atoms with Crippen molar-refractivity contribution in [2.24, 2.45) is 0 Å². The second kappa shape index (κ2) is 32.9. The Kier molecular flexibility index (Phi) is 28.1. The normalized spacial score (nSPS) is 11.4. The van der Waals surface area contributed by atoms with Gasteiger partial charge in [-0.1, -0.05) is 202 Å². The second-order valence-corrected chi connectivity index (χ2v) is 18.4. The van der Waals surface area contributed by atoms with Gasteiger partial charge in [0.15, 0.2) is 0 Å². The summed E-state index contributed by atoms with van der Waals surface area (Å²) in [4.78, 5) is 0. The molecule has 0 aliphatic heterocycles. The van der Waals surface area contributed by atoms with Crippen LogP contribution in [0, 0.1) is 20.8 Å². The highest BCUT2D eigenvalue weighted by Gasteiger charge is 2.08. The van der Waals surface area contributed by atoms with Gasteiger partial charge in [0, 0.05) is 5.30 Å². The van der Waals surface area contributed by atoms with E-state index in [2.05, 4.69) is 120 Å². The molecule has 4 aromatic carbocycles. The quantitative estimate of drug-likeness (QED) is 0.0373. The van der Waals surface area contributed by atoms with Crippen LogP contribution in [0.15, 0.2) is 84.9 Å². The highest BCUT2D eigenvalue weighted by molar-refractivity contribution is 7.42. The topological polar surface area (TPSA) is 27.7 Å². The van der Waals surface area contributed by atoms with Crippen LogP contribution in [0.1, 0.15) is 189 Å². The van der Waals surface area contributed by atoms with Crippen molar-refractivity contribution in [1.29, 1.82) is 0 Å². The third-order valence-corrected chi connectivity index (χ3v) is 12.8. The van der Waals surface area contributed by atoms with Gasteiger partial charge in [-0.2, -0.15) is 0 Å². The number of hydrogen-bond acceptors (Lipinski definition) is 3. The molecule has 4 rings (SSSR count). The summed E-state index contributed by atoms with van der Waals surface area (Å²) in [7, 11) is 0.351. The van der Waals surface area contributed by atoms with Crippen LogP contribution >= 0.6 is 17.8 Å². The lowest BCUT2D eigenvalue weighted by atomic mass is 9.96. The molecule has 4 aromatic rings. The van der Waals surface area contributed by atoms with Gasteiger partial charge in [-0.05, 0) is 112 Å². The minimum atomic E-state index is -0.0203. The maximum Gasteiger partial charge on any atom is 0.275 e. The van der Waals surface area contributed by atoms with E-state index in [1.165, 1.54) is 193 Å². The van der Waals surface area contributed by atoms with Crippen molar-refractivity contribution in [3.05, 3.63) is 118 Å². The maximum absolute atomic E-state index is 6.11. The van der Waals surface area contributed by atoms with Crippen molar-refractivity contribution >= 4 is 23.1 Å². The molecule has 0 saturated carbocycles. The largest absolute Gasteiger partial charge is 0.472 e. The monoisotopic (exact) mass is 841 g/mol. The molecule has 0 saturated heterocycles. The highest BCUT2D eigenvalue weighted by atomic mass is 31.1. The van der Waals surface area contributed by atoms with Crippen LogP contribution in [0.25, 0.3) is 0 Å². The van der Waals surface area contributed by atoms with Crippen molar-refractivity contribution in [1.82, 2.24) is 0 Å². The molecule has 3 nitrogen and oxygen atoms in total. The first-order valence-corrected chi connectivity index (χ1v) is 25.5. The Morgan fingerprint density at radius 2 is 0.864 bits per heavy atom. The summed E-state index contributed by atoms with van der Waals surface area (Å²) in [6.07, 6.45) is 32.1. The highest BCUT2D eigenvalue weighted by Crippen LogP contribution is 2.29. The molecule has 0 heterocycles. The summed E-state index contributed by atoms with van der Waals surface area (Å²) in [5, 5.41) is 1.23. The van der Waals surface area contributed by atoms with Crippen LogP contribution in [-0.4, -0.2) is 0 Å². The van der Waals surface area contributed by atoms with E-state index < -0.39 is 0 Å². The summed E-state index contributed by atoms with van der Waals surface area (Å²) < 4.78 is 17.9. The Balaban J connectivity index is 0.000000451. The molecule has 0 N–H and O–H groups in total. The van der Waals surface area contributed by atoms with Gasteiger partial charge in [0.2, 0.25) is 0 Å². The van der Waals surface area contributed by atoms with Gasteiger partial charge in [0.05, 0.1) is 0 Å². The molecule has 0 spiro atoms. The minimum Gasteiger partial charge on any atom is -0.472 e.